The summed E-state index contributed by atoms with van der Waals surface area (Å²) in [7, 11) is 0. The molecule has 1 aromatic rings. The third-order valence-electron chi connectivity index (χ3n) is 3.39. The Bertz CT molecular complexity index is 575. The lowest BCUT2D eigenvalue weighted by atomic mass is 10.1. The molecule has 0 aromatic heterocycles. The fourth-order valence-corrected chi connectivity index (χ4v) is 2.22. The minimum absolute atomic E-state index is 0.0335. The van der Waals surface area contributed by atoms with Crippen LogP contribution in [0.4, 0.5) is 10.5 Å². The van der Waals surface area contributed by atoms with Crippen LogP contribution in [-0.2, 0) is 11.3 Å². The first kappa shape index (κ1) is 14.8. The number of benzene rings is 1. The van der Waals surface area contributed by atoms with Gasteiger partial charge in [0, 0.05) is 31.8 Å². The van der Waals surface area contributed by atoms with Crippen LogP contribution >= 0.6 is 0 Å². The first-order valence-electron chi connectivity index (χ1n) is 6.46. The van der Waals surface area contributed by atoms with Crippen LogP contribution in [0.5, 0.6) is 0 Å². The van der Waals surface area contributed by atoms with Crippen molar-refractivity contribution in [1.82, 2.24) is 10.2 Å². The van der Waals surface area contributed by atoms with Gasteiger partial charge < -0.3 is 15.3 Å². The molecule has 1 saturated heterocycles. The van der Waals surface area contributed by atoms with Crippen molar-refractivity contribution in [2.45, 2.75) is 13.0 Å². The quantitative estimate of drug-likeness (QED) is 0.640. The summed E-state index contributed by atoms with van der Waals surface area (Å²) in [4.78, 5) is 34.3. The molecule has 21 heavy (non-hydrogen) atoms. The number of likely N-dealkylation sites (tertiary alicyclic amines) is 1. The fraction of sp³-hybridized carbons (Fsp3) is 0.385. The number of carbonyl (C=O) groups is 2. The molecule has 1 atom stereocenters. The average molecular weight is 293 g/mol. The van der Waals surface area contributed by atoms with E-state index in [0.29, 0.717) is 18.5 Å². The number of amides is 2. The second-order valence-corrected chi connectivity index (χ2v) is 4.86. The molecule has 1 aromatic carbocycles. The lowest BCUT2D eigenvalue weighted by Gasteiger charge is -2.16. The van der Waals surface area contributed by atoms with Gasteiger partial charge in [0.1, 0.15) is 0 Å². The number of carbonyl (C=O) groups excluding carboxylic acids is 1. The predicted octanol–water partition coefficient (Wildman–Crippen LogP) is 1.21. The number of carboxylic acids is 1. The van der Waals surface area contributed by atoms with Crippen molar-refractivity contribution in [2.75, 3.05) is 13.1 Å². The van der Waals surface area contributed by atoms with Crippen molar-refractivity contribution in [3.63, 3.8) is 0 Å². The number of urea groups is 1. The zero-order valence-electron chi connectivity index (χ0n) is 11.2. The molecule has 0 saturated carbocycles. The van der Waals surface area contributed by atoms with E-state index < -0.39 is 16.8 Å². The molecule has 1 aliphatic rings. The second-order valence-electron chi connectivity index (χ2n) is 4.86. The predicted molar refractivity (Wildman–Crippen MR) is 72.6 cm³/mol. The Morgan fingerprint density at radius 3 is 2.86 bits per heavy atom. The molecule has 8 nitrogen and oxygen atoms in total. The monoisotopic (exact) mass is 293 g/mol. The van der Waals surface area contributed by atoms with Crippen LogP contribution in [0.1, 0.15) is 12.0 Å². The van der Waals surface area contributed by atoms with Crippen LogP contribution in [0.3, 0.4) is 0 Å². The van der Waals surface area contributed by atoms with E-state index in [-0.39, 0.29) is 24.8 Å². The van der Waals surface area contributed by atoms with E-state index >= 15 is 0 Å². The maximum Gasteiger partial charge on any atom is 0.317 e. The van der Waals surface area contributed by atoms with Gasteiger partial charge in [0.05, 0.1) is 10.8 Å². The number of rotatable bonds is 4. The number of hydrogen-bond acceptors (Lipinski definition) is 4. The third-order valence-corrected chi connectivity index (χ3v) is 3.39. The topological polar surface area (TPSA) is 113 Å². The summed E-state index contributed by atoms with van der Waals surface area (Å²) < 4.78 is 0. The van der Waals surface area contributed by atoms with Gasteiger partial charge in [-0.1, -0.05) is 12.1 Å². The standard InChI is InChI=1S/C13H15N3O5/c17-12(18)10-4-5-15(8-10)13(19)14-7-9-2-1-3-11(6-9)16(20)21/h1-3,6,10H,4-5,7-8H2,(H,14,19)(H,17,18). The Morgan fingerprint density at radius 1 is 1.48 bits per heavy atom. The highest BCUT2D eigenvalue weighted by Crippen LogP contribution is 2.17. The number of carboxylic acid groups (broad SMARTS) is 1. The second kappa shape index (κ2) is 6.21. The molecule has 2 N–H and O–H groups in total. The van der Waals surface area contributed by atoms with Gasteiger partial charge in [0.2, 0.25) is 0 Å². The average Bonchev–Trinajstić information content (AvgIpc) is 2.95. The molecule has 1 unspecified atom stereocenters. The summed E-state index contributed by atoms with van der Waals surface area (Å²) in [6.07, 6.45) is 0.444. The van der Waals surface area contributed by atoms with Gasteiger partial charge in [-0.3, -0.25) is 14.9 Å². The lowest BCUT2D eigenvalue weighted by Crippen LogP contribution is -2.38. The highest BCUT2D eigenvalue weighted by atomic mass is 16.6. The number of nitrogens with zero attached hydrogens (tertiary/aromatic N) is 2. The van der Waals surface area contributed by atoms with Crippen LogP contribution in [-0.4, -0.2) is 40.0 Å². The molecule has 2 amide bonds. The summed E-state index contributed by atoms with van der Waals surface area (Å²) in [6, 6.07) is 5.64. The Hall–Kier alpha value is -2.64. The van der Waals surface area contributed by atoms with Crippen LogP contribution in [0.25, 0.3) is 0 Å². The van der Waals surface area contributed by atoms with E-state index in [9.17, 15) is 19.7 Å². The van der Waals surface area contributed by atoms with Gasteiger partial charge in [-0.25, -0.2) is 4.79 Å². The van der Waals surface area contributed by atoms with E-state index in [0.717, 1.165) is 0 Å². The van der Waals surface area contributed by atoms with E-state index in [4.69, 9.17) is 5.11 Å². The zero-order valence-corrected chi connectivity index (χ0v) is 11.2. The molecule has 0 spiro atoms. The Kier molecular flexibility index (Phi) is 4.36. The SMILES string of the molecule is O=C(O)C1CCN(C(=O)NCc2cccc([N+](=O)[O-])c2)C1. The molecule has 2 rings (SSSR count). The van der Waals surface area contributed by atoms with Crippen LogP contribution in [0, 0.1) is 16.0 Å². The molecule has 1 aliphatic heterocycles. The normalized spacial score (nSPS) is 17.5. The summed E-state index contributed by atoms with van der Waals surface area (Å²) in [5, 5.41) is 22.2. The van der Waals surface area contributed by atoms with Gasteiger partial charge in [0.15, 0.2) is 0 Å². The van der Waals surface area contributed by atoms with Crippen molar-refractivity contribution in [1.29, 1.82) is 0 Å². The summed E-state index contributed by atoms with van der Waals surface area (Å²) in [6.45, 7) is 0.753. The molecule has 0 radical (unpaired) electrons. The Morgan fingerprint density at radius 2 is 2.24 bits per heavy atom. The lowest BCUT2D eigenvalue weighted by molar-refractivity contribution is -0.384. The maximum atomic E-state index is 11.9. The highest BCUT2D eigenvalue weighted by molar-refractivity contribution is 5.77. The molecule has 0 bridgehead atoms. The van der Waals surface area contributed by atoms with Crippen molar-refractivity contribution >= 4 is 17.7 Å². The highest BCUT2D eigenvalue weighted by Gasteiger charge is 2.30. The van der Waals surface area contributed by atoms with E-state index in [1.54, 1.807) is 12.1 Å². The van der Waals surface area contributed by atoms with Crippen molar-refractivity contribution in [3.8, 4) is 0 Å². The van der Waals surface area contributed by atoms with E-state index in [2.05, 4.69) is 5.32 Å². The largest absolute Gasteiger partial charge is 0.481 e. The van der Waals surface area contributed by atoms with Gasteiger partial charge in [0.25, 0.3) is 5.69 Å². The molecule has 1 fully saturated rings. The van der Waals surface area contributed by atoms with Crippen molar-refractivity contribution in [2.24, 2.45) is 5.92 Å². The number of nitro benzene ring substituents is 1. The van der Waals surface area contributed by atoms with Crippen LogP contribution < -0.4 is 5.32 Å². The number of hydrogen-bond donors (Lipinski definition) is 2. The Balaban J connectivity index is 1.88. The Labute approximate surface area is 120 Å². The first-order valence-corrected chi connectivity index (χ1v) is 6.46. The fourth-order valence-electron chi connectivity index (χ4n) is 2.22. The molecular weight excluding hydrogens is 278 g/mol. The van der Waals surface area contributed by atoms with Gasteiger partial charge in [-0.05, 0) is 12.0 Å². The molecular formula is C13H15N3O5. The number of nitro groups is 1. The summed E-state index contributed by atoms with van der Waals surface area (Å²) >= 11 is 0. The van der Waals surface area contributed by atoms with E-state index in [1.807, 2.05) is 0 Å². The molecule has 8 heteroatoms. The minimum atomic E-state index is -0.899. The van der Waals surface area contributed by atoms with Crippen LogP contribution in [0.2, 0.25) is 0 Å². The summed E-state index contributed by atoms with van der Waals surface area (Å²) in [5.74, 6) is -1.42. The molecule has 112 valence electrons. The third kappa shape index (κ3) is 3.68. The van der Waals surface area contributed by atoms with Crippen molar-refractivity contribution in [3.05, 3.63) is 39.9 Å². The summed E-state index contributed by atoms with van der Waals surface area (Å²) in [5.41, 5.74) is 0.584. The smallest absolute Gasteiger partial charge is 0.317 e. The minimum Gasteiger partial charge on any atom is -0.481 e. The molecule has 1 heterocycles. The number of non-ortho nitro benzene ring substituents is 1. The number of nitrogens with one attached hydrogen (secondary N) is 1. The maximum absolute atomic E-state index is 11.9. The van der Waals surface area contributed by atoms with Crippen molar-refractivity contribution < 1.29 is 19.6 Å². The van der Waals surface area contributed by atoms with E-state index in [1.165, 1.54) is 17.0 Å². The van der Waals surface area contributed by atoms with Gasteiger partial charge in [-0.2, -0.15) is 0 Å². The zero-order chi connectivity index (χ0) is 15.4. The first-order chi connectivity index (χ1) is 9.97. The van der Waals surface area contributed by atoms with Gasteiger partial charge in [-0.15, -0.1) is 0 Å². The molecule has 0 aliphatic carbocycles. The number of aliphatic carboxylic acids is 1. The van der Waals surface area contributed by atoms with Gasteiger partial charge >= 0.3 is 12.0 Å². The van der Waals surface area contributed by atoms with Crippen LogP contribution in [0.15, 0.2) is 24.3 Å².